The second-order valence-corrected chi connectivity index (χ2v) is 4.87. The van der Waals surface area contributed by atoms with Gasteiger partial charge in [-0.1, -0.05) is 26.0 Å². The van der Waals surface area contributed by atoms with Gasteiger partial charge in [-0.25, -0.2) is 0 Å². The molecule has 0 saturated carbocycles. The molecule has 0 aliphatic rings. The summed E-state index contributed by atoms with van der Waals surface area (Å²) in [6, 6.07) is 8.12. The van der Waals surface area contributed by atoms with Gasteiger partial charge in [0, 0.05) is 6.54 Å². The van der Waals surface area contributed by atoms with Crippen LogP contribution in [0.4, 0.5) is 5.69 Å². The second-order valence-electron chi connectivity index (χ2n) is 4.87. The Morgan fingerprint density at radius 2 is 1.89 bits per heavy atom. The number of benzene rings is 1. The highest BCUT2D eigenvalue weighted by Crippen LogP contribution is 2.24. The number of anilines is 1. The van der Waals surface area contributed by atoms with Crippen LogP contribution in [0.1, 0.15) is 20.8 Å². The van der Waals surface area contributed by atoms with Crippen molar-refractivity contribution in [3.05, 3.63) is 24.3 Å². The summed E-state index contributed by atoms with van der Waals surface area (Å²) in [5.74, 6) is 2.21. The molecule has 0 amide bonds. The van der Waals surface area contributed by atoms with Crippen LogP contribution in [-0.4, -0.2) is 26.7 Å². The Morgan fingerprint density at radius 3 is 2.50 bits per heavy atom. The van der Waals surface area contributed by atoms with E-state index in [1.54, 1.807) is 0 Å². The third-order valence-electron chi connectivity index (χ3n) is 3.15. The first-order valence-electron chi connectivity index (χ1n) is 6.79. The van der Waals surface area contributed by atoms with Crippen molar-refractivity contribution in [3.63, 3.8) is 0 Å². The lowest BCUT2D eigenvalue weighted by atomic mass is 9.95. The molecule has 1 unspecified atom stereocenters. The Hall–Kier alpha value is -1.22. The van der Waals surface area contributed by atoms with Crippen LogP contribution in [-0.2, 0) is 0 Å². The average Bonchev–Trinajstić information content (AvgIpc) is 2.36. The van der Waals surface area contributed by atoms with E-state index in [4.69, 9.17) is 4.74 Å². The van der Waals surface area contributed by atoms with Crippen LogP contribution >= 0.6 is 0 Å². The normalized spacial score (nSPS) is 12.5. The van der Waals surface area contributed by atoms with E-state index in [1.807, 2.05) is 32.2 Å². The maximum absolute atomic E-state index is 5.61. The standard InChI is InChI=1S/C15H26N2O/c1-5-18-15-9-7-6-8-14(15)17-11-13(10-16-4)12(2)3/h6-9,12-13,16-17H,5,10-11H2,1-4H3. The zero-order valence-electron chi connectivity index (χ0n) is 12.0. The number of ether oxygens (including phenoxy) is 1. The maximum Gasteiger partial charge on any atom is 0.142 e. The lowest BCUT2D eigenvalue weighted by Gasteiger charge is -2.22. The fourth-order valence-electron chi connectivity index (χ4n) is 1.94. The molecule has 0 spiro atoms. The SMILES string of the molecule is CCOc1ccccc1NCC(CNC)C(C)C. The van der Waals surface area contributed by atoms with Gasteiger partial charge in [0.05, 0.1) is 12.3 Å². The summed E-state index contributed by atoms with van der Waals surface area (Å²) in [4.78, 5) is 0. The summed E-state index contributed by atoms with van der Waals surface area (Å²) in [5.41, 5.74) is 1.08. The average molecular weight is 250 g/mol. The van der Waals surface area contributed by atoms with Crippen molar-refractivity contribution < 1.29 is 4.74 Å². The van der Waals surface area contributed by atoms with Crippen LogP contribution in [0.15, 0.2) is 24.3 Å². The van der Waals surface area contributed by atoms with Gasteiger partial charge in [0.1, 0.15) is 5.75 Å². The molecule has 3 nitrogen and oxygen atoms in total. The van der Waals surface area contributed by atoms with Gasteiger partial charge in [0.25, 0.3) is 0 Å². The van der Waals surface area contributed by atoms with Crippen LogP contribution in [0.3, 0.4) is 0 Å². The second kappa shape index (κ2) is 7.98. The number of nitrogens with one attached hydrogen (secondary N) is 2. The quantitative estimate of drug-likeness (QED) is 0.744. The van der Waals surface area contributed by atoms with Crippen LogP contribution in [0.2, 0.25) is 0 Å². The summed E-state index contributed by atoms with van der Waals surface area (Å²) < 4.78 is 5.61. The Kier molecular flexibility index (Phi) is 6.58. The molecule has 0 aliphatic heterocycles. The fourth-order valence-corrected chi connectivity index (χ4v) is 1.94. The molecule has 0 aromatic heterocycles. The van der Waals surface area contributed by atoms with E-state index in [9.17, 15) is 0 Å². The van der Waals surface area contributed by atoms with Gasteiger partial charge in [-0.05, 0) is 44.5 Å². The molecule has 0 aliphatic carbocycles. The molecule has 0 bridgehead atoms. The number of hydrogen-bond donors (Lipinski definition) is 2. The Bertz CT molecular complexity index is 339. The maximum atomic E-state index is 5.61. The monoisotopic (exact) mass is 250 g/mol. The van der Waals surface area contributed by atoms with E-state index >= 15 is 0 Å². The third-order valence-corrected chi connectivity index (χ3v) is 3.15. The minimum Gasteiger partial charge on any atom is -0.492 e. The van der Waals surface area contributed by atoms with Crippen molar-refractivity contribution in [2.75, 3.05) is 32.1 Å². The molecule has 1 rings (SSSR count). The number of rotatable bonds is 8. The van der Waals surface area contributed by atoms with Crippen molar-refractivity contribution >= 4 is 5.69 Å². The first-order valence-corrected chi connectivity index (χ1v) is 6.79. The lowest BCUT2D eigenvalue weighted by molar-refractivity contribution is 0.340. The Labute approximate surface area is 111 Å². The molecular weight excluding hydrogens is 224 g/mol. The molecule has 3 heteroatoms. The predicted molar refractivity (Wildman–Crippen MR) is 78.4 cm³/mol. The molecule has 102 valence electrons. The molecule has 18 heavy (non-hydrogen) atoms. The predicted octanol–water partition coefficient (Wildman–Crippen LogP) is 2.99. The van der Waals surface area contributed by atoms with E-state index in [2.05, 4.69) is 30.5 Å². The van der Waals surface area contributed by atoms with E-state index in [0.717, 1.165) is 24.5 Å². The van der Waals surface area contributed by atoms with Crippen molar-refractivity contribution in [2.45, 2.75) is 20.8 Å². The molecule has 1 aromatic rings. The molecule has 1 aromatic carbocycles. The summed E-state index contributed by atoms with van der Waals surface area (Å²) >= 11 is 0. The van der Waals surface area contributed by atoms with Crippen molar-refractivity contribution in [2.24, 2.45) is 11.8 Å². The van der Waals surface area contributed by atoms with Crippen molar-refractivity contribution in [3.8, 4) is 5.75 Å². The van der Waals surface area contributed by atoms with E-state index < -0.39 is 0 Å². The minimum atomic E-state index is 0.615. The largest absolute Gasteiger partial charge is 0.492 e. The Morgan fingerprint density at radius 1 is 1.17 bits per heavy atom. The highest BCUT2D eigenvalue weighted by atomic mass is 16.5. The van der Waals surface area contributed by atoms with Crippen LogP contribution in [0.5, 0.6) is 5.75 Å². The fraction of sp³-hybridized carbons (Fsp3) is 0.600. The van der Waals surface area contributed by atoms with Crippen LogP contribution in [0, 0.1) is 11.8 Å². The molecule has 0 heterocycles. The van der Waals surface area contributed by atoms with Gasteiger partial charge >= 0.3 is 0 Å². The molecule has 0 fully saturated rings. The van der Waals surface area contributed by atoms with Crippen LogP contribution in [0.25, 0.3) is 0 Å². The van der Waals surface area contributed by atoms with Crippen molar-refractivity contribution in [1.82, 2.24) is 5.32 Å². The van der Waals surface area contributed by atoms with E-state index in [0.29, 0.717) is 18.4 Å². The first-order chi connectivity index (χ1) is 8.69. The minimum absolute atomic E-state index is 0.615. The van der Waals surface area contributed by atoms with Crippen LogP contribution < -0.4 is 15.4 Å². The summed E-state index contributed by atoms with van der Waals surface area (Å²) in [7, 11) is 2.00. The van der Waals surface area contributed by atoms with Gasteiger partial charge < -0.3 is 15.4 Å². The lowest BCUT2D eigenvalue weighted by Crippen LogP contribution is -2.29. The zero-order valence-corrected chi connectivity index (χ0v) is 12.0. The third kappa shape index (κ3) is 4.57. The summed E-state index contributed by atoms with van der Waals surface area (Å²) in [6.07, 6.45) is 0. The highest BCUT2D eigenvalue weighted by molar-refractivity contribution is 5.56. The molecule has 1 atom stereocenters. The van der Waals surface area contributed by atoms with Gasteiger partial charge in [-0.3, -0.25) is 0 Å². The van der Waals surface area contributed by atoms with Crippen molar-refractivity contribution in [1.29, 1.82) is 0 Å². The van der Waals surface area contributed by atoms with Gasteiger partial charge in [0.2, 0.25) is 0 Å². The molecular formula is C15H26N2O. The van der Waals surface area contributed by atoms with E-state index in [1.165, 1.54) is 0 Å². The number of hydrogen-bond acceptors (Lipinski definition) is 3. The van der Waals surface area contributed by atoms with E-state index in [-0.39, 0.29) is 0 Å². The zero-order chi connectivity index (χ0) is 13.4. The smallest absolute Gasteiger partial charge is 0.142 e. The topological polar surface area (TPSA) is 33.3 Å². The summed E-state index contributed by atoms with van der Waals surface area (Å²) in [5, 5.41) is 6.75. The highest BCUT2D eigenvalue weighted by Gasteiger charge is 2.13. The Balaban J connectivity index is 2.60. The molecule has 2 N–H and O–H groups in total. The molecule has 0 radical (unpaired) electrons. The van der Waals surface area contributed by atoms with Gasteiger partial charge in [0.15, 0.2) is 0 Å². The number of para-hydroxylation sites is 2. The van der Waals surface area contributed by atoms with Gasteiger partial charge in [-0.15, -0.1) is 0 Å². The molecule has 0 saturated heterocycles. The van der Waals surface area contributed by atoms with Gasteiger partial charge in [-0.2, -0.15) is 0 Å². The summed E-state index contributed by atoms with van der Waals surface area (Å²) in [6.45, 7) is 9.22. The first kappa shape index (κ1) is 14.8.